The molecule has 0 bridgehead atoms. The largest absolute Gasteiger partial charge is 0.354 e. The van der Waals surface area contributed by atoms with E-state index in [2.05, 4.69) is 20.4 Å². The molecule has 8 nitrogen and oxygen atoms in total. The Bertz CT molecular complexity index is 637. The molecular weight excluding hydrogens is 260 g/mol. The highest BCUT2D eigenvalue weighted by Gasteiger charge is 2.24. The molecule has 20 heavy (non-hydrogen) atoms. The van der Waals surface area contributed by atoms with E-state index in [9.17, 15) is 10.1 Å². The Balaban J connectivity index is 2.59. The molecule has 2 heterocycles. The van der Waals surface area contributed by atoms with Crippen LogP contribution in [0.1, 0.15) is 19.0 Å². The molecule has 2 rings (SSSR count). The fourth-order valence-electron chi connectivity index (χ4n) is 1.89. The van der Waals surface area contributed by atoms with Gasteiger partial charge in [0.05, 0.1) is 10.6 Å². The lowest BCUT2D eigenvalue weighted by atomic mass is 10.2. The van der Waals surface area contributed by atoms with Gasteiger partial charge in [-0.3, -0.25) is 14.8 Å². The standard InChI is InChI=1S/C12H16N6O2/c1-4-6-13-12-15-8(2)11(18(19)20)10(16-12)9-5-7-14-17(9)3/h5,7H,4,6H2,1-3H3,(H,13,15,16). The van der Waals surface area contributed by atoms with Crippen LogP contribution in [0, 0.1) is 17.0 Å². The van der Waals surface area contributed by atoms with Crippen LogP contribution in [-0.2, 0) is 7.05 Å². The predicted octanol–water partition coefficient (Wildman–Crippen LogP) is 1.92. The fourth-order valence-corrected chi connectivity index (χ4v) is 1.89. The van der Waals surface area contributed by atoms with E-state index < -0.39 is 4.92 Å². The third-order valence-electron chi connectivity index (χ3n) is 2.84. The number of nitrogens with zero attached hydrogens (tertiary/aromatic N) is 5. The highest BCUT2D eigenvalue weighted by Crippen LogP contribution is 2.30. The number of anilines is 1. The van der Waals surface area contributed by atoms with Crippen molar-refractivity contribution in [2.75, 3.05) is 11.9 Å². The molecule has 0 saturated heterocycles. The summed E-state index contributed by atoms with van der Waals surface area (Å²) >= 11 is 0. The molecular formula is C12H16N6O2. The predicted molar refractivity (Wildman–Crippen MR) is 74.4 cm³/mol. The topological polar surface area (TPSA) is 98.8 Å². The minimum absolute atomic E-state index is 0.0874. The molecule has 106 valence electrons. The first-order valence-corrected chi connectivity index (χ1v) is 6.29. The first kappa shape index (κ1) is 13.9. The molecule has 0 aliphatic rings. The molecule has 0 atom stereocenters. The van der Waals surface area contributed by atoms with Crippen LogP contribution < -0.4 is 5.32 Å². The number of aromatic nitrogens is 4. The zero-order valence-electron chi connectivity index (χ0n) is 11.6. The lowest BCUT2D eigenvalue weighted by molar-refractivity contribution is -0.385. The van der Waals surface area contributed by atoms with Crippen molar-refractivity contribution >= 4 is 11.6 Å². The number of rotatable bonds is 5. The van der Waals surface area contributed by atoms with E-state index in [-0.39, 0.29) is 11.4 Å². The minimum Gasteiger partial charge on any atom is -0.354 e. The van der Waals surface area contributed by atoms with Crippen LogP contribution >= 0.6 is 0 Å². The van der Waals surface area contributed by atoms with Gasteiger partial charge in [-0.25, -0.2) is 9.97 Å². The van der Waals surface area contributed by atoms with E-state index in [1.807, 2.05) is 6.92 Å². The summed E-state index contributed by atoms with van der Waals surface area (Å²) in [6.45, 7) is 4.34. The van der Waals surface area contributed by atoms with Gasteiger partial charge in [0.25, 0.3) is 0 Å². The number of aryl methyl sites for hydroxylation is 2. The van der Waals surface area contributed by atoms with Gasteiger partial charge in [-0.15, -0.1) is 0 Å². The number of hydrogen-bond donors (Lipinski definition) is 1. The Hall–Kier alpha value is -2.51. The van der Waals surface area contributed by atoms with Gasteiger partial charge in [0.2, 0.25) is 5.95 Å². The van der Waals surface area contributed by atoms with Gasteiger partial charge in [-0.1, -0.05) is 6.92 Å². The molecule has 0 spiro atoms. The summed E-state index contributed by atoms with van der Waals surface area (Å²) in [4.78, 5) is 19.2. The highest BCUT2D eigenvalue weighted by atomic mass is 16.6. The second-order valence-electron chi connectivity index (χ2n) is 4.35. The van der Waals surface area contributed by atoms with Crippen LogP contribution in [0.5, 0.6) is 0 Å². The number of nitrogens with one attached hydrogen (secondary N) is 1. The van der Waals surface area contributed by atoms with E-state index in [4.69, 9.17) is 0 Å². The smallest absolute Gasteiger partial charge is 0.318 e. The Morgan fingerprint density at radius 1 is 1.45 bits per heavy atom. The molecule has 2 aromatic rings. The van der Waals surface area contributed by atoms with Gasteiger partial charge in [0, 0.05) is 19.8 Å². The summed E-state index contributed by atoms with van der Waals surface area (Å²) in [5.41, 5.74) is 1.11. The van der Waals surface area contributed by atoms with Crippen LogP contribution in [0.25, 0.3) is 11.4 Å². The number of nitro groups is 1. The Morgan fingerprint density at radius 2 is 2.20 bits per heavy atom. The zero-order valence-corrected chi connectivity index (χ0v) is 11.6. The molecule has 0 aliphatic carbocycles. The van der Waals surface area contributed by atoms with Gasteiger partial charge in [-0.05, 0) is 19.4 Å². The van der Waals surface area contributed by atoms with Gasteiger partial charge < -0.3 is 5.32 Å². The molecule has 1 N–H and O–H groups in total. The van der Waals surface area contributed by atoms with Crippen LogP contribution in [-0.4, -0.2) is 31.2 Å². The second kappa shape index (κ2) is 5.64. The van der Waals surface area contributed by atoms with Crippen molar-refractivity contribution in [3.8, 4) is 11.4 Å². The van der Waals surface area contributed by atoms with Crippen LogP contribution in [0.2, 0.25) is 0 Å². The molecule has 0 aromatic carbocycles. The van der Waals surface area contributed by atoms with Crippen molar-refractivity contribution in [3.63, 3.8) is 0 Å². The van der Waals surface area contributed by atoms with Crippen LogP contribution in [0.3, 0.4) is 0 Å². The maximum absolute atomic E-state index is 11.2. The van der Waals surface area contributed by atoms with Gasteiger partial charge in [-0.2, -0.15) is 5.10 Å². The fraction of sp³-hybridized carbons (Fsp3) is 0.417. The van der Waals surface area contributed by atoms with E-state index in [1.54, 1.807) is 30.9 Å². The van der Waals surface area contributed by atoms with Gasteiger partial charge in [0.1, 0.15) is 5.69 Å². The van der Waals surface area contributed by atoms with E-state index in [0.29, 0.717) is 23.9 Å². The first-order valence-electron chi connectivity index (χ1n) is 6.29. The molecule has 8 heteroatoms. The molecule has 0 aliphatic heterocycles. The lowest BCUT2D eigenvalue weighted by Gasteiger charge is -2.08. The minimum atomic E-state index is -0.457. The maximum Gasteiger partial charge on any atom is 0.318 e. The average molecular weight is 276 g/mol. The molecule has 0 amide bonds. The van der Waals surface area contributed by atoms with Crippen molar-refractivity contribution in [1.82, 2.24) is 19.7 Å². The van der Waals surface area contributed by atoms with Gasteiger partial charge >= 0.3 is 5.69 Å². The van der Waals surface area contributed by atoms with Crippen molar-refractivity contribution in [2.24, 2.45) is 7.05 Å². The summed E-state index contributed by atoms with van der Waals surface area (Å²) in [7, 11) is 1.72. The molecule has 0 unspecified atom stereocenters. The van der Waals surface area contributed by atoms with E-state index >= 15 is 0 Å². The normalized spacial score (nSPS) is 10.6. The van der Waals surface area contributed by atoms with Gasteiger partial charge in [0.15, 0.2) is 5.69 Å². The third-order valence-corrected chi connectivity index (χ3v) is 2.84. The molecule has 0 fully saturated rings. The quantitative estimate of drug-likeness (QED) is 0.661. The maximum atomic E-state index is 11.2. The summed E-state index contributed by atoms with van der Waals surface area (Å²) in [5.74, 6) is 0.395. The van der Waals surface area contributed by atoms with Crippen molar-refractivity contribution in [3.05, 3.63) is 28.1 Å². The molecule has 0 saturated carbocycles. The molecule has 2 aromatic heterocycles. The van der Waals surface area contributed by atoms with Crippen LogP contribution in [0.15, 0.2) is 12.3 Å². The summed E-state index contributed by atoms with van der Waals surface area (Å²) in [6.07, 6.45) is 2.50. The van der Waals surface area contributed by atoms with Crippen molar-refractivity contribution in [1.29, 1.82) is 0 Å². The zero-order chi connectivity index (χ0) is 14.7. The lowest BCUT2D eigenvalue weighted by Crippen LogP contribution is -2.09. The Kier molecular flexibility index (Phi) is 3.92. The molecule has 0 radical (unpaired) electrons. The van der Waals surface area contributed by atoms with E-state index in [1.165, 1.54) is 0 Å². The average Bonchev–Trinajstić information content (AvgIpc) is 2.81. The summed E-state index contributed by atoms with van der Waals surface area (Å²) < 4.78 is 1.55. The SMILES string of the molecule is CCCNc1nc(C)c([N+](=O)[O-])c(-c2ccnn2C)n1. The van der Waals surface area contributed by atoms with Crippen molar-refractivity contribution in [2.45, 2.75) is 20.3 Å². The monoisotopic (exact) mass is 276 g/mol. The summed E-state index contributed by atoms with van der Waals surface area (Å²) in [5, 5.41) is 18.3. The second-order valence-corrected chi connectivity index (χ2v) is 4.35. The Morgan fingerprint density at radius 3 is 2.75 bits per heavy atom. The highest BCUT2D eigenvalue weighted by molar-refractivity contribution is 5.69. The third kappa shape index (κ3) is 2.58. The van der Waals surface area contributed by atoms with E-state index in [0.717, 1.165) is 6.42 Å². The number of hydrogen-bond acceptors (Lipinski definition) is 6. The Labute approximate surface area is 116 Å². The first-order chi connectivity index (χ1) is 9.54. The summed E-state index contributed by atoms with van der Waals surface area (Å²) in [6, 6.07) is 1.69. The van der Waals surface area contributed by atoms with Crippen LogP contribution in [0.4, 0.5) is 11.6 Å². The van der Waals surface area contributed by atoms with Crippen molar-refractivity contribution < 1.29 is 4.92 Å².